The third-order valence-corrected chi connectivity index (χ3v) is 8.50. The summed E-state index contributed by atoms with van der Waals surface area (Å²) in [5.74, 6) is 0. The van der Waals surface area contributed by atoms with E-state index in [1.807, 2.05) is 0 Å². The highest BCUT2D eigenvalue weighted by Crippen LogP contribution is 2.40. The van der Waals surface area contributed by atoms with Gasteiger partial charge in [-0.15, -0.1) is 0 Å². The van der Waals surface area contributed by atoms with Crippen LogP contribution in [0.5, 0.6) is 0 Å². The van der Waals surface area contributed by atoms with Crippen molar-refractivity contribution in [3.63, 3.8) is 0 Å². The van der Waals surface area contributed by atoms with Gasteiger partial charge < -0.3 is 4.42 Å². The lowest BCUT2D eigenvalue weighted by molar-refractivity contribution is -0.617. The molecule has 0 aliphatic heterocycles. The largest absolute Gasteiger partial charge is 0.456 e. The number of imidazole rings is 1. The number of pyridine rings is 1. The molecule has 0 spiro atoms. The van der Waals surface area contributed by atoms with E-state index < -0.39 is 0 Å². The number of hydrogen-bond donors (Lipinski definition) is 0. The fourth-order valence-electron chi connectivity index (χ4n) is 6.81. The van der Waals surface area contributed by atoms with Gasteiger partial charge in [0.15, 0.2) is 11.0 Å². The Balaban J connectivity index is 1.60. The van der Waals surface area contributed by atoms with Crippen molar-refractivity contribution < 1.29 is 8.98 Å². The number of rotatable bonds is 0. The van der Waals surface area contributed by atoms with Crippen molar-refractivity contribution in [2.45, 2.75) is 6.92 Å². The molecule has 3 aromatic heterocycles. The van der Waals surface area contributed by atoms with Crippen LogP contribution in [0.15, 0.2) is 108 Å². The number of benzene rings is 6. The van der Waals surface area contributed by atoms with E-state index in [0.717, 1.165) is 16.6 Å². The van der Waals surface area contributed by atoms with E-state index in [1.54, 1.807) is 0 Å². The summed E-state index contributed by atoms with van der Waals surface area (Å²) in [6.45, 7) is 2.22. The van der Waals surface area contributed by atoms with Gasteiger partial charge in [-0.1, -0.05) is 72.8 Å². The number of hydrogen-bond acceptors (Lipinski definition) is 1. The lowest BCUT2D eigenvalue weighted by Gasteiger charge is -2.07. The quantitative estimate of drug-likeness (QED) is 0.155. The van der Waals surface area contributed by atoms with Crippen molar-refractivity contribution in [1.82, 2.24) is 4.40 Å². The first-order valence-corrected chi connectivity index (χ1v) is 13.1. The Labute approximate surface area is 217 Å². The maximum absolute atomic E-state index is 6.54. The van der Waals surface area contributed by atoms with Crippen molar-refractivity contribution in [1.29, 1.82) is 0 Å². The number of fused-ring (bicyclic) bond motifs is 15. The Morgan fingerprint density at radius 3 is 2.32 bits per heavy atom. The maximum Gasteiger partial charge on any atom is 0.295 e. The number of aryl methyl sites for hydroxylation is 2. The average molecular weight is 488 g/mol. The third-order valence-electron chi connectivity index (χ3n) is 8.50. The van der Waals surface area contributed by atoms with Gasteiger partial charge in [0.05, 0.1) is 17.8 Å². The van der Waals surface area contributed by atoms with Crippen molar-refractivity contribution in [3.05, 3.63) is 109 Å². The minimum atomic E-state index is 0.918. The molecule has 0 aliphatic carbocycles. The van der Waals surface area contributed by atoms with Crippen LogP contribution >= 0.6 is 0 Å². The Morgan fingerprint density at radius 2 is 1.39 bits per heavy atom. The molecule has 0 bridgehead atoms. The number of nitrogens with zero attached hydrogens (tertiary/aromatic N) is 2. The molecule has 9 aromatic rings. The predicted octanol–water partition coefficient (Wildman–Crippen LogP) is 8.74. The summed E-state index contributed by atoms with van der Waals surface area (Å²) >= 11 is 0. The van der Waals surface area contributed by atoms with Gasteiger partial charge in [0.25, 0.3) is 5.65 Å². The number of furan rings is 1. The van der Waals surface area contributed by atoms with Crippen molar-refractivity contribution in [3.8, 4) is 0 Å². The second kappa shape index (κ2) is 6.90. The first-order chi connectivity index (χ1) is 18.7. The molecule has 38 heavy (non-hydrogen) atoms. The minimum absolute atomic E-state index is 0.918. The van der Waals surface area contributed by atoms with Crippen LogP contribution < -0.4 is 4.57 Å². The first-order valence-electron chi connectivity index (χ1n) is 13.1. The van der Waals surface area contributed by atoms with E-state index in [4.69, 9.17) is 4.42 Å². The van der Waals surface area contributed by atoms with Gasteiger partial charge in [0, 0.05) is 16.2 Å². The van der Waals surface area contributed by atoms with E-state index in [1.165, 1.54) is 70.9 Å². The molecule has 6 aromatic carbocycles. The summed E-state index contributed by atoms with van der Waals surface area (Å²) in [6.07, 6.45) is 0. The molecule has 0 saturated carbocycles. The first kappa shape index (κ1) is 20.2. The molecule has 0 radical (unpaired) electrons. The number of aromatic nitrogens is 2. The summed E-state index contributed by atoms with van der Waals surface area (Å²) in [5, 5.41) is 11.1. The summed E-state index contributed by atoms with van der Waals surface area (Å²) in [5.41, 5.74) is 7.93. The van der Waals surface area contributed by atoms with Gasteiger partial charge in [0.2, 0.25) is 0 Å². The monoisotopic (exact) mass is 487 g/mol. The molecule has 0 aliphatic rings. The maximum atomic E-state index is 6.54. The highest BCUT2D eigenvalue weighted by atomic mass is 16.3. The summed E-state index contributed by atoms with van der Waals surface area (Å²) in [4.78, 5) is 0. The average Bonchev–Trinajstić information content (AvgIpc) is 3.46. The fourth-order valence-corrected chi connectivity index (χ4v) is 6.81. The molecule has 0 amide bonds. The molecule has 0 fully saturated rings. The Kier molecular flexibility index (Phi) is 3.67. The molecule has 9 rings (SSSR count). The predicted molar refractivity (Wildman–Crippen MR) is 158 cm³/mol. The van der Waals surface area contributed by atoms with Crippen molar-refractivity contribution >= 4 is 81.8 Å². The van der Waals surface area contributed by atoms with Gasteiger partial charge in [-0.2, -0.15) is 4.40 Å². The van der Waals surface area contributed by atoms with Crippen molar-refractivity contribution in [2.24, 2.45) is 7.05 Å². The topological polar surface area (TPSA) is 21.4 Å². The molecule has 0 saturated heterocycles. The second-order valence-corrected chi connectivity index (χ2v) is 10.5. The minimum Gasteiger partial charge on any atom is -0.456 e. The Bertz CT molecular complexity index is 2480. The highest BCUT2D eigenvalue weighted by molar-refractivity contribution is 6.23. The van der Waals surface area contributed by atoms with E-state index in [2.05, 4.69) is 126 Å². The molecular weight excluding hydrogens is 464 g/mol. The molecule has 3 heteroatoms. The molecule has 0 unspecified atom stereocenters. The second-order valence-electron chi connectivity index (χ2n) is 10.5. The Morgan fingerprint density at radius 1 is 0.605 bits per heavy atom. The Hall–Kier alpha value is -4.89. The van der Waals surface area contributed by atoms with E-state index in [-0.39, 0.29) is 0 Å². The van der Waals surface area contributed by atoms with Crippen LogP contribution in [0.25, 0.3) is 81.8 Å². The van der Waals surface area contributed by atoms with Crippen LogP contribution in [0.2, 0.25) is 0 Å². The van der Waals surface area contributed by atoms with Crippen LogP contribution in [0, 0.1) is 6.92 Å². The van der Waals surface area contributed by atoms with Crippen LogP contribution in [0.3, 0.4) is 0 Å². The lowest BCUT2D eigenvalue weighted by atomic mass is 9.99. The normalized spacial score (nSPS) is 12.5. The van der Waals surface area contributed by atoms with Crippen LogP contribution in [-0.2, 0) is 7.05 Å². The standard InChI is InChI=1S/C35H23N2O/c1-20-8-7-12-25-24-11-5-6-13-28(24)37-34-29(36(2)35(37)32(20)25)16-17-30-33(34)27-19-26-22(18-31(27)38-30)15-14-21-9-3-4-10-23(21)26/h3-19H,1-2H3/q+1. The highest BCUT2D eigenvalue weighted by Gasteiger charge is 2.27. The lowest BCUT2D eigenvalue weighted by Crippen LogP contribution is -2.27. The van der Waals surface area contributed by atoms with Gasteiger partial charge in [-0.05, 0) is 64.4 Å². The molecule has 0 N–H and O–H groups in total. The zero-order chi connectivity index (χ0) is 25.1. The SMILES string of the molecule is Cc1cccc2c3ccccc3n3c4c5c(ccc4[n+](C)c3c12)oc1cc2ccc3ccccc3c2cc15. The number of para-hydroxylation sites is 1. The zero-order valence-corrected chi connectivity index (χ0v) is 21.1. The van der Waals surface area contributed by atoms with Crippen molar-refractivity contribution in [2.75, 3.05) is 0 Å². The molecule has 178 valence electrons. The van der Waals surface area contributed by atoms with E-state index in [0.29, 0.717) is 0 Å². The van der Waals surface area contributed by atoms with Gasteiger partial charge in [0.1, 0.15) is 16.7 Å². The molecular formula is C35H23N2O+. The van der Waals surface area contributed by atoms with Gasteiger partial charge in [-0.25, -0.2) is 4.57 Å². The summed E-state index contributed by atoms with van der Waals surface area (Å²) in [6, 6.07) is 37.3. The molecule has 3 heterocycles. The van der Waals surface area contributed by atoms with Gasteiger partial charge >= 0.3 is 0 Å². The summed E-state index contributed by atoms with van der Waals surface area (Å²) in [7, 11) is 2.19. The van der Waals surface area contributed by atoms with Crippen LogP contribution in [0.1, 0.15) is 5.56 Å². The third kappa shape index (κ3) is 2.37. The molecule has 3 nitrogen and oxygen atoms in total. The smallest absolute Gasteiger partial charge is 0.295 e. The van der Waals surface area contributed by atoms with E-state index >= 15 is 0 Å². The fraction of sp³-hybridized carbons (Fsp3) is 0.0571. The van der Waals surface area contributed by atoms with Gasteiger partial charge in [-0.3, -0.25) is 0 Å². The van der Waals surface area contributed by atoms with Crippen LogP contribution in [0.4, 0.5) is 0 Å². The summed E-state index contributed by atoms with van der Waals surface area (Å²) < 4.78 is 11.4. The van der Waals surface area contributed by atoms with Crippen LogP contribution in [-0.4, -0.2) is 4.40 Å². The zero-order valence-electron chi connectivity index (χ0n) is 21.1. The van der Waals surface area contributed by atoms with E-state index in [9.17, 15) is 0 Å². The molecule has 0 atom stereocenters.